The Morgan fingerprint density at radius 2 is 1.79 bits per heavy atom. The number of carbonyl (C=O) groups is 1. The third kappa shape index (κ3) is 8.58. The lowest BCUT2D eigenvalue weighted by atomic mass is 10.1. The zero-order chi connectivity index (χ0) is 22.9. The Labute approximate surface area is 213 Å². The Balaban J connectivity index is 0.00000385. The summed E-state index contributed by atoms with van der Waals surface area (Å²) < 4.78 is 19.0. The Kier molecular flexibility index (Phi) is 11.1. The van der Waals surface area contributed by atoms with Gasteiger partial charge in [0.05, 0.1) is 18.8 Å². The minimum absolute atomic E-state index is 0. The molecule has 0 aliphatic carbocycles. The van der Waals surface area contributed by atoms with E-state index in [4.69, 9.17) is 4.74 Å². The zero-order valence-corrected chi connectivity index (χ0v) is 21.8. The number of rotatable bonds is 7. The van der Waals surface area contributed by atoms with E-state index in [-0.39, 0.29) is 47.9 Å². The number of aliphatic imine (C=N–C) groups is 1. The lowest BCUT2D eigenvalue weighted by Crippen LogP contribution is -2.48. The van der Waals surface area contributed by atoms with E-state index in [2.05, 4.69) is 15.6 Å². The standard InChI is InChI=1S/C25H33FN4O2.HI/c1-4-27-25(28-13-12-20-6-5-7-23(26)14-20)29-15-21-8-10-22(11-9-21)24(31)30-16-18(2)32-19(3)17-30;/h5-11,14,18-19H,4,12-13,15-17H2,1-3H3,(H2,27,28,29);1H. The van der Waals surface area contributed by atoms with Gasteiger partial charge in [0.2, 0.25) is 0 Å². The van der Waals surface area contributed by atoms with Crippen LogP contribution in [0.5, 0.6) is 0 Å². The summed E-state index contributed by atoms with van der Waals surface area (Å²) in [7, 11) is 0. The summed E-state index contributed by atoms with van der Waals surface area (Å²) in [5.74, 6) is 0.525. The van der Waals surface area contributed by atoms with E-state index in [1.165, 1.54) is 6.07 Å². The fraction of sp³-hybridized carbons (Fsp3) is 0.440. The number of nitrogens with one attached hydrogen (secondary N) is 2. The number of halogens is 2. The second-order valence-electron chi connectivity index (χ2n) is 8.17. The molecule has 0 aromatic heterocycles. The molecular weight excluding hydrogens is 534 g/mol. The summed E-state index contributed by atoms with van der Waals surface area (Å²) in [6, 6.07) is 14.2. The van der Waals surface area contributed by atoms with Crippen molar-refractivity contribution < 1.29 is 13.9 Å². The summed E-state index contributed by atoms with van der Waals surface area (Å²) in [5.41, 5.74) is 2.64. The first-order valence-electron chi connectivity index (χ1n) is 11.2. The lowest BCUT2D eigenvalue weighted by Gasteiger charge is -2.35. The van der Waals surface area contributed by atoms with E-state index in [1.807, 2.05) is 56.0 Å². The minimum atomic E-state index is -0.220. The molecule has 2 N–H and O–H groups in total. The molecule has 1 amide bonds. The molecule has 1 heterocycles. The van der Waals surface area contributed by atoms with Crippen molar-refractivity contribution in [3.8, 4) is 0 Å². The molecule has 0 radical (unpaired) electrons. The van der Waals surface area contributed by atoms with Gasteiger partial charge in [0.25, 0.3) is 5.91 Å². The first kappa shape index (κ1) is 27.0. The van der Waals surface area contributed by atoms with Gasteiger partial charge < -0.3 is 20.3 Å². The van der Waals surface area contributed by atoms with Crippen molar-refractivity contribution in [1.82, 2.24) is 15.5 Å². The molecule has 6 nitrogen and oxygen atoms in total. The van der Waals surface area contributed by atoms with Crippen LogP contribution in [0.4, 0.5) is 4.39 Å². The van der Waals surface area contributed by atoms with Crippen LogP contribution >= 0.6 is 24.0 Å². The quantitative estimate of drug-likeness (QED) is 0.301. The van der Waals surface area contributed by atoms with E-state index in [0.29, 0.717) is 44.1 Å². The van der Waals surface area contributed by atoms with Crippen LogP contribution in [0.2, 0.25) is 0 Å². The first-order chi connectivity index (χ1) is 15.4. The Hall–Kier alpha value is -2.20. The van der Waals surface area contributed by atoms with Crippen LogP contribution in [0.15, 0.2) is 53.5 Å². The van der Waals surface area contributed by atoms with Crippen molar-refractivity contribution in [3.63, 3.8) is 0 Å². The maximum absolute atomic E-state index is 13.3. The van der Waals surface area contributed by atoms with E-state index < -0.39 is 0 Å². The Morgan fingerprint density at radius 3 is 2.42 bits per heavy atom. The molecule has 180 valence electrons. The van der Waals surface area contributed by atoms with Crippen molar-refractivity contribution >= 4 is 35.8 Å². The molecular formula is C25H34FIN4O2. The normalized spacial score (nSPS) is 18.4. The fourth-order valence-corrected chi connectivity index (χ4v) is 3.81. The van der Waals surface area contributed by atoms with Crippen molar-refractivity contribution in [3.05, 3.63) is 71.0 Å². The molecule has 8 heteroatoms. The molecule has 0 spiro atoms. The molecule has 2 aromatic carbocycles. The van der Waals surface area contributed by atoms with Gasteiger partial charge in [-0.05, 0) is 62.6 Å². The number of amides is 1. The summed E-state index contributed by atoms with van der Waals surface area (Å²) in [4.78, 5) is 19.3. The highest BCUT2D eigenvalue weighted by Gasteiger charge is 2.26. The van der Waals surface area contributed by atoms with E-state index in [1.54, 1.807) is 12.1 Å². The predicted molar refractivity (Wildman–Crippen MR) is 141 cm³/mol. The van der Waals surface area contributed by atoms with Crippen LogP contribution in [0, 0.1) is 5.82 Å². The van der Waals surface area contributed by atoms with Gasteiger partial charge in [-0.15, -0.1) is 24.0 Å². The minimum Gasteiger partial charge on any atom is -0.372 e. The monoisotopic (exact) mass is 568 g/mol. The van der Waals surface area contributed by atoms with Gasteiger partial charge in [-0.2, -0.15) is 0 Å². The van der Waals surface area contributed by atoms with Crippen LogP contribution in [-0.2, 0) is 17.7 Å². The van der Waals surface area contributed by atoms with Gasteiger partial charge in [0, 0.05) is 31.7 Å². The first-order valence-corrected chi connectivity index (χ1v) is 11.2. The zero-order valence-electron chi connectivity index (χ0n) is 19.5. The van der Waals surface area contributed by atoms with Crippen LogP contribution < -0.4 is 10.6 Å². The molecule has 2 aromatic rings. The second kappa shape index (κ2) is 13.5. The topological polar surface area (TPSA) is 66.0 Å². The molecule has 1 fully saturated rings. The highest BCUT2D eigenvalue weighted by molar-refractivity contribution is 14.0. The van der Waals surface area contributed by atoms with Gasteiger partial charge >= 0.3 is 0 Å². The highest BCUT2D eigenvalue weighted by atomic mass is 127. The molecule has 33 heavy (non-hydrogen) atoms. The lowest BCUT2D eigenvalue weighted by molar-refractivity contribution is -0.0586. The molecule has 2 unspecified atom stereocenters. The highest BCUT2D eigenvalue weighted by Crippen LogP contribution is 2.15. The largest absolute Gasteiger partial charge is 0.372 e. The number of benzene rings is 2. The van der Waals surface area contributed by atoms with Gasteiger partial charge in [0.1, 0.15) is 5.82 Å². The number of hydrogen-bond acceptors (Lipinski definition) is 3. The summed E-state index contributed by atoms with van der Waals surface area (Å²) in [6.45, 7) is 9.11. The molecule has 3 rings (SSSR count). The van der Waals surface area contributed by atoms with E-state index in [9.17, 15) is 9.18 Å². The fourth-order valence-electron chi connectivity index (χ4n) is 3.81. The summed E-state index contributed by atoms with van der Waals surface area (Å²) in [6.07, 6.45) is 0.806. The van der Waals surface area contributed by atoms with E-state index >= 15 is 0 Å². The van der Waals surface area contributed by atoms with E-state index in [0.717, 1.165) is 17.7 Å². The predicted octanol–water partition coefficient (Wildman–Crippen LogP) is 3.99. The SMILES string of the molecule is CCNC(=NCc1ccc(C(=O)N2CC(C)OC(C)C2)cc1)NCCc1cccc(F)c1.I. The van der Waals surface area contributed by atoms with Crippen LogP contribution in [0.25, 0.3) is 0 Å². The third-order valence-electron chi connectivity index (χ3n) is 5.27. The number of morpholine rings is 1. The molecule has 1 aliphatic heterocycles. The third-order valence-corrected chi connectivity index (χ3v) is 5.27. The summed E-state index contributed by atoms with van der Waals surface area (Å²) in [5, 5.41) is 6.51. The molecule has 1 aliphatic rings. The Bertz CT molecular complexity index is 913. The van der Waals surface area contributed by atoms with Gasteiger partial charge in [0.15, 0.2) is 5.96 Å². The number of nitrogens with zero attached hydrogens (tertiary/aromatic N) is 2. The molecule has 0 bridgehead atoms. The maximum Gasteiger partial charge on any atom is 0.254 e. The second-order valence-corrected chi connectivity index (χ2v) is 8.17. The van der Waals surface area contributed by atoms with Crippen molar-refractivity contribution in [1.29, 1.82) is 0 Å². The smallest absolute Gasteiger partial charge is 0.254 e. The molecule has 1 saturated heterocycles. The van der Waals surface area contributed by atoms with Crippen LogP contribution in [-0.4, -0.2) is 55.2 Å². The van der Waals surface area contributed by atoms with Gasteiger partial charge in [-0.3, -0.25) is 4.79 Å². The van der Waals surface area contributed by atoms with Crippen molar-refractivity contribution in [2.75, 3.05) is 26.2 Å². The van der Waals surface area contributed by atoms with Crippen LogP contribution in [0.3, 0.4) is 0 Å². The average Bonchev–Trinajstić information content (AvgIpc) is 2.77. The maximum atomic E-state index is 13.3. The molecule has 2 atom stereocenters. The van der Waals surface area contributed by atoms with Gasteiger partial charge in [-0.1, -0.05) is 24.3 Å². The number of guanidine groups is 1. The number of carbonyl (C=O) groups excluding carboxylic acids is 1. The Morgan fingerprint density at radius 1 is 1.09 bits per heavy atom. The number of hydrogen-bond donors (Lipinski definition) is 2. The molecule has 0 saturated carbocycles. The summed E-state index contributed by atoms with van der Waals surface area (Å²) >= 11 is 0. The average molecular weight is 568 g/mol. The van der Waals surface area contributed by atoms with Crippen molar-refractivity contribution in [2.24, 2.45) is 4.99 Å². The van der Waals surface area contributed by atoms with Crippen molar-refractivity contribution in [2.45, 2.75) is 45.9 Å². The number of ether oxygens (including phenoxy) is 1. The van der Waals surface area contributed by atoms with Gasteiger partial charge in [-0.25, -0.2) is 9.38 Å². The van der Waals surface area contributed by atoms with Crippen LogP contribution in [0.1, 0.15) is 42.3 Å².